The van der Waals surface area contributed by atoms with Crippen LogP contribution in [-0.4, -0.2) is 19.9 Å². The van der Waals surface area contributed by atoms with Crippen molar-refractivity contribution in [2.45, 2.75) is 0 Å². The Kier molecular flexibility index (Phi) is 1.28. The molecule has 0 radical (unpaired) electrons. The second-order valence-electron chi connectivity index (χ2n) is 1.99. The molecule has 0 saturated carbocycles. The molecule has 2 rings (SSSR count). The smallest absolute Gasteiger partial charge is 0.222 e. The second-order valence-corrected chi connectivity index (χ2v) is 2.74. The molecule has 11 heavy (non-hydrogen) atoms. The zero-order chi connectivity index (χ0) is 7.84. The molecule has 0 bridgehead atoms. The third kappa shape index (κ3) is 1.05. The molecule has 0 amide bonds. The first-order chi connectivity index (χ1) is 5.25. The molecule has 0 aliphatic carbocycles. The van der Waals surface area contributed by atoms with E-state index in [-0.39, 0.29) is 5.95 Å². The fourth-order valence-corrected chi connectivity index (χ4v) is 1.17. The van der Waals surface area contributed by atoms with Gasteiger partial charge in [-0.3, -0.25) is 0 Å². The Hall–Kier alpha value is -1.17. The van der Waals surface area contributed by atoms with Crippen molar-refractivity contribution in [3.63, 3.8) is 0 Å². The van der Waals surface area contributed by atoms with Gasteiger partial charge in [-0.2, -0.15) is 4.98 Å². The summed E-state index contributed by atoms with van der Waals surface area (Å²) in [7, 11) is 0. The highest BCUT2D eigenvalue weighted by atomic mass is 79.9. The Balaban J connectivity index is 2.82. The van der Waals surface area contributed by atoms with Crippen LogP contribution in [0.5, 0.6) is 0 Å². The van der Waals surface area contributed by atoms with Crippen LogP contribution >= 0.6 is 15.9 Å². The number of nitrogens with two attached hydrogens (primary N) is 1. The average Bonchev–Trinajstić information content (AvgIpc) is 2.27. The van der Waals surface area contributed by atoms with Gasteiger partial charge in [-0.15, -0.1) is 0 Å². The number of nitrogens with one attached hydrogen (secondary N) is 1. The van der Waals surface area contributed by atoms with Crippen LogP contribution in [0, 0.1) is 0 Å². The number of nitrogen functional groups attached to an aromatic ring is 1. The fraction of sp³-hybridized carbons (Fsp3) is 0. The molecule has 0 saturated heterocycles. The summed E-state index contributed by atoms with van der Waals surface area (Å²) in [5, 5.41) is 0. The number of H-pyrrole nitrogens is 1. The van der Waals surface area contributed by atoms with E-state index in [1.807, 2.05) is 0 Å². The maximum atomic E-state index is 5.34. The summed E-state index contributed by atoms with van der Waals surface area (Å²) in [6.45, 7) is 0. The zero-order valence-corrected chi connectivity index (χ0v) is 6.96. The van der Waals surface area contributed by atoms with E-state index in [1.165, 1.54) is 0 Å². The topological polar surface area (TPSA) is 80.5 Å². The van der Waals surface area contributed by atoms with E-state index in [0.29, 0.717) is 10.4 Å². The Morgan fingerprint density at radius 1 is 1.45 bits per heavy atom. The minimum absolute atomic E-state index is 0.233. The van der Waals surface area contributed by atoms with Gasteiger partial charge in [0, 0.05) is 0 Å². The van der Waals surface area contributed by atoms with Crippen LogP contribution in [0.1, 0.15) is 0 Å². The van der Waals surface area contributed by atoms with Crippen molar-refractivity contribution in [1.29, 1.82) is 0 Å². The van der Waals surface area contributed by atoms with Crippen molar-refractivity contribution >= 4 is 33.0 Å². The fourth-order valence-electron chi connectivity index (χ4n) is 0.791. The molecule has 6 heteroatoms. The highest BCUT2D eigenvalue weighted by Crippen LogP contribution is 2.11. The Morgan fingerprint density at radius 3 is 3.09 bits per heavy atom. The number of nitrogens with zero attached hydrogens (tertiary/aromatic N) is 3. The first kappa shape index (κ1) is 6.53. The van der Waals surface area contributed by atoms with Gasteiger partial charge < -0.3 is 10.7 Å². The quantitative estimate of drug-likeness (QED) is 0.632. The van der Waals surface area contributed by atoms with Gasteiger partial charge in [-0.1, -0.05) is 0 Å². The predicted molar refractivity (Wildman–Crippen MR) is 43.8 cm³/mol. The van der Waals surface area contributed by atoms with Gasteiger partial charge >= 0.3 is 0 Å². The molecule has 0 aliphatic rings. The standard InChI is InChI=1S/C5H4BrN5/c6-4-9-2-1-8-5(7)11-3(2)10-4/h1H,(H3,7,8,9,10,11). The van der Waals surface area contributed by atoms with E-state index in [2.05, 4.69) is 35.9 Å². The van der Waals surface area contributed by atoms with Gasteiger partial charge in [0.05, 0.1) is 6.20 Å². The molecule has 2 aromatic rings. The van der Waals surface area contributed by atoms with E-state index in [4.69, 9.17) is 5.73 Å². The van der Waals surface area contributed by atoms with Gasteiger partial charge in [0.25, 0.3) is 0 Å². The van der Waals surface area contributed by atoms with Gasteiger partial charge in [0.1, 0.15) is 5.52 Å². The van der Waals surface area contributed by atoms with Crippen molar-refractivity contribution in [1.82, 2.24) is 19.9 Å². The Labute approximate surface area is 70.2 Å². The number of halogens is 1. The number of anilines is 1. The van der Waals surface area contributed by atoms with Crippen LogP contribution in [-0.2, 0) is 0 Å². The SMILES string of the molecule is Nc1ncc2[nH]c(Br)nc2n1. The second kappa shape index (κ2) is 2.16. The van der Waals surface area contributed by atoms with Gasteiger partial charge in [0.2, 0.25) is 5.95 Å². The van der Waals surface area contributed by atoms with Gasteiger partial charge in [-0.05, 0) is 15.9 Å². The molecule has 0 aliphatic heterocycles. The van der Waals surface area contributed by atoms with E-state index in [0.717, 1.165) is 5.52 Å². The molecule has 0 fully saturated rings. The van der Waals surface area contributed by atoms with Crippen LogP contribution in [0.15, 0.2) is 10.9 Å². The minimum atomic E-state index is 0.233. The van der Waals surface area contributed by atoms with Crippen LogP contribution in [0.4, 0.5) is 5.95 Å². The number of hydrogen-bond acceptors (Lipinski definition) is 4. The number of rotatable bonds is 0. The van der Waals surface area contributed by atoms with Crippen molar-refractivity contribution in [2.24, 2.45) is 0 Å². The van der Waals surface area contributed by atoms with Crippen LogP contribution < -0.4 is 5.73 Å². The molecule has 0 spiro atoms. The van der Waals surface area contributed by atoms with Crippen molar-refractivity contribution in [2.75, 3.05) is 5.73 Å². The van der Waals surface area contributed by atoms with Gasteiger partial charge in [-0.25, -0.2) is 9.97 Å². The number of aromatic nitrogens is 4. The summed E-state index contributed by atoms with van der Waals surface area (Å²) in [6, 6.07) is 0. The minimum Gasteiger partial charge on any atom is -0.368 e. The molecular formula is C5H4BrN5. The first-order valence-corrected chi connectivity index (χ1v) is 3.69. The van der Waals surface area contributed by atoms with Crippen molar-refractivity contribution < 1.29 is 0 Å². The largest absolute Gasteiger partial charge is 0.368 e. The van der Waals surface area contributed by atoms with Crippen LogP contribution in [0.25, 0.3) is 11.2 Å². The van der Waals surface area contributed by atoms with E-state index in [9.17, 15) is 0 Å². The van der Waals surface area contributed by atoms with Crippen molar-refractivity contribution in [3.8, 4) is 0 Å². The summed E-state index contributed by atoms with van der Waals surface area (Å²) >= 11 is 3.17. The number of hydrogen-bond donors (Lipinski definition) is 2. The molecule has 0 aromatic carbocycles. The summed E-state index contributed by atoms with van der Waals surface area (Å²) in [4.78, 5) is 14.6. The molecule has 0 unspecified atom stereocenters. The lowest BCUT2D eigenvalue weighted by Gasteiger charge is -1.87. The summed E-state index contributed by atoms with van der Waals surface area (Å²) in [6.07, 6.45) is 1.59. The Bertz CT molecular complexity index is 395. The predicted octanol–water partition coefficient (Wildman–Crippen LogP) is 0.698. The molecule has 2 aromatic heterocycles. The van der Waals surface area contributed by atoms with Crippen LogP contribution in [0.2, 0.25) is 0 Å². The van der Waals surface area contributed by atoms with Gasteiger partial charge in [0.15, 0.2) is 10.4 Å². The van der Waals surface area contributed by atoms with Crippen molar-refractivity contribution in [3.05, 3.63) is 10.9 Å². The number of aromatic amines is 1. The van der Waals surface area contributed by atoms with Crippen LogP contribution in [0.3, 0.4) is 0 Å². The molecule has 2 heterocycles. The monoisotopic (exact) mass is 213 g/mol. The Morgan fingerprint density at radius 2 is 2.27 bits per heavy atom. The molecular weight excluding hydrogens is 210 g/mol. The third-order valence-electron chi connectivity index (χ3n) is 1.23. The summed E-state index contributed by atoms with van der Waals surface area (Å²) < 4.78 is 0.632. The molecule has 5 nitrogen and oxygen atoms in total. The highest BCUT2D eigenvalue weighted by molar-refractivity contribution is 9.10. The maximum absolute atomic E-state index is 5.34. The molecule has 0 atom stereocenters. The summed E-state index contributed by atoms with van der Waals surface area (Å²) in [5.74, 6) is 0.233. The average molecular weight is 214 g/mol. The lowest BCUT2D eigenvalue weighted by Crippen LogP contribution is -1.93. The third-order valence-corrected chi connectivity index (χ3v) is 1.60. The zero-order valence-electron chi connectivity index (χ0n) is 5.37. The highest BCUT2D eigenvalue weighted by Gasteiger charge is 2.00. The van der Waals surface area contributed by atoms with E-state index in [1.54, 1.807) is 6.20 Å². The maximum Gasteiger partial charge on any atom is 0.222 e. The lowest BCUT2D eigenvalue weighted by atomic mass is 10.6. The lowest BCUT2D eigenvalue weighted by molar-refractivity contribution is 1.21. The summed E-state index contributed by atoms with van der Waals surface area (Å²) in [5.41, 5.74) is 6.68. The molecule has 56 valence electrons. The first-order valence-electron chi connectivity index (χ1n) is 2.89. The van der Waals surface area contributed by atoms with E-state index < -0.39 is 0 Å². The number of imidazole rings is 1. The number of fused-ring (bicyclic) bond motifs is 1. The van der Waals surface area contributed by atoms with E-state index >= 15 is 0 Å². The molecule has 3 N–H and O–H groups in total. The normalized spacial score (nSPS) is 10.6.